The number of benzene rings is 1. The Balaban J connectivity index is 2.17. The summed E-state index contributed by atoms with van der Waals surface area (Å²) < 4.78 is 0. The maximum Gasteiger partial charge on any atom is 0.222 e. The Morgan fingerprint density at radius 3 is 2.50 bits per heavy atom. The van der Waals surface area contributed by atoms with E-state index < -0.39 is 0 Å². The van der Waals surface area contributed by atoms with E-state index in [1.165, 1.54) is 11.3 Å². The molecule has 3 nitrogen and oxygen atoms in total. The predicted octanol–water partition coefficient (Wildman–Crippen LogP) is 3.46. The fourth-order valence-electron chi connectivity index (χ4n) is 1.79. The standard InChI is InChI=1S/C14H16ClN3/c1-3-18(13-6-4-11(2)5-7-13)10-12-8-9-16-14(15)17-12/h4-9H,3,10H2,1-2H3. The van der Waals surface area contributed by atoms with Crippen molar-refractivity contribution in [2.45, 2.75) is 20.4 Å². The van der Waals surface area contributed by atoms with E-state index in [9.17, 15) is 0 Å². The zero-order valence-corrected chi connectivity index (χ0v) is 11.4. The van der Waals surface area contributed by atoms with Gasteiger partial charge in [-0.3, -0.25) is 0 Å². The van der Waals surface area contributed by atoms with Crippen molar-refractivity contribution in [2.75, 3.05) is 11.4 Å². The van der Waals surface area contributed by atoms with E-state index in [1.54, 1.807) is 6.20 Å². The van der Waals surface area contributed by atoms with Crippen molar-refractivity contribution in [3.05, 3.63) is 53.1 Å². The molecule has 0 aliphatic rings. The summed E-state index contributed by atoms with van der Waals surface area (Å²) in [6, 6.07) is 10.4. The molecular weight excluding hydrogens is 246 g/mol. The highest BCUT2D eigenvalue weighted by molar-refractivity contribution is 6.28. The van der Waals surface area contributed by atoms with Gasteiger partial charge in [0.25, 0.3) is 0 Å². The zero-order valence-electron chi connectivity index (χ0n) is 10.6. The Bertz CT molecular complexity index is 511. The van der Waals surface area contributed by atoms with Crippen molar-refractivity contribution >= 4 is 17.3 Å². The van der Waals surface area contributed by atoms with Crippen LogP contribution in [0.3, 0.4) is 0 Å². The van der Waals surface area contributed by atoms with Crippen molar-refractivity contribution in [2.24, 2.45) is 0 Å². The first-order valence-electron chi connectivity index (χ1n) is 5.98. The third kappa shape index (κ3) is 3.20. The molecule has 0 N–H and O–H groups in total. The summed E-state index contributed by atoms with van der Waals surface area (Å²) in [6.07, 6.45) is 1.69. The van der Waals surface area contributed by atoms with Gasteiger partial charge >= 0.3 is 0 Å². The molecular formula is C14H16ClN3. The highest BCUT2D eigenvalue weighted by atomic mass is 35.5. The summed E-state index contributed by atoms with van der Waals surface area (Å²) in [5.74, 6) is 0. The second-order valence-electron chi connectivity index (χ2n) is 4.17. The van der Waals surface area contributed by atoms with E-state index in [0.29, 0.717) is 5.28 Å². The average molecular weight is 262 g/mol. The van der Waals surface area contributed by atoms with Crippen molar-refractivity contribution in [1.82, 2.24) is 9.97 Å². The van der Waals surface area contributed by atoms with Crippen LogP contribution in [0.15, 0.2) is 36.5 Å². The number of anilines is 1. The molecule has 1 aromatic heterocycles. The van der Waals surface area contributed by atoms with Gasteiger partial charge < -0.3 is 4.90 Å². The molecule has 0 aliphatic carbocycles. The summed E-state index contributed by atoms with van der Waals surface area (Å²) in [5, 5.41) is 0.299. The maximum absolute atomic E-state index is 5.80. The highest BCUT2D eigenvalue weighted by Gasteiger charge is 2.06. The molecule has 0 saturated carbocycles. The molecule has 0 radical (unpaired) electrons. The number of rotatable bonds is 4. The van der Waals surface area contributed by atoms with Crippen LogP contribution in [-0.2, 0) is 6.54 Å². The number of hydrogen-bond acceptors (Lipinski definition) is 3. The fourth-order valence-corrected chi connectivity index (χ4v) is 1.96. The van der Waals surface area contributed by atoms with Crippen molar-refractivity contribution < 1.29 is 0 Å². The quantitative estimate of drug-likeness (QED) is 0.790. The molecule has 0 amide bonds. The molecule has 18 heavy (non-hydrogen) atoms. The number of halogens is 1. The SMILES string of the molecule is CCN(Cc1ccnc(Cl)n1)c1ccc(C)cc1. The van der Waals surface area contributed by atoms with Gasteiger partial charge in [0.1, 0.15) is 0 Å². The van der Waals surface area contributed by atoms with Crippen LogP contribution in [0.1, 0.15) is 18.2 Å². The lowest BCUT2D eigenvalue weighted by atomic mass is 10.2. The third-order valence-corrected chi connectivity index (χ3v) is 3.00. The van der Waals surface area contributed by atoms with E-state index in [-0.39, 0.29) is 0 Å². The first-order valence-corrected chi connectivity index (χ1v) is 6.36. The number of aryl methyl sites for hydroxylation is 1. The number of aromatic nitrogens is 2. The average Bonchev–Trinajstić information content (AvgIpc) is 2.37. The van der Waals surface area contributed by atoms with Crippen LogP contribution in [-0.4, -0.2) is 16.5 Å². The molecule has 0 aliphatic heterocycles. The molecule has 0 spiro atoms. The summed E-state index contributed by atoms with van der Waals surface area (Å²) >= 11 is 5.80. The smallest absolute Gasteiger partial charge is 0.222 e. The van der Waals surface area contributed by atoms with Crippen LogP contribution < -0.4 is 4.90 Å². The molecule has 4 heteroatoms. The van der Waals surface area contributed by atoms with Gasteiger partial charge in [-0.05, 0) is 43.6 Å². The Hall–Kier alpha value is -1.61. The van der Waals surface area contributed by atoms with Crippen LogP contribution in [0.25, 0.3) is 0 Å². The van der Waals surface area contributed by atoms with Gasteiger partial charge in [-0.2, -0.15) is 0 Å². The van der Waals surface area contributed by atoms with Gasteiger partial charge in [-0.25, -0.2) is 9.97 Å². The molecule has 1 aromatic carbocycles. The number of nitrogens with zero attached hydrogens (tertiary/aromatic N) is 3. The molecule has 0 saturated heterocycles. The normalized spacial score (nSPS) is 10.4. The molecule has 1 heterocycles. The molecule has 0 bridgehead atoms. The molecule has 2 rings (SSSR count). The first-order chi connectivity index (χ1) is 8.69. The van der Waals surface area contributed by atoms with E-state index in [2.05, 4.69) is 53.0 Å². The van der Waals surface area contributed by atoms with Gasteiger partial charge in [-0.15, -0.1) is 0 Å². The lowest BCUT2D eigenvalue weighted by Crippen LogP contribution is -2.22. The van der Waals surface area contributed by atoms with Gasteiger partial charge in [0, 0.05) is 18.4 Å². The molecule has 0 unspecified atom stereocenters. The van der Waals surface area contributed by atoms with Crippen molar-refractivity contribution in [1.29, 1.82) is 0 Å². The van der Waals surface area contributed by atoms with E-state index in [1.807, 2.05) is 6.07 Å². The van der Waals surface area contributed by atoms with Crippen LogP contribution in [0.2, 0.25) is 5.28 Å². The molecule has 2 aromatic rings. The summed E-state index contributed by atoms with van der Waals surface area (Å²) in [7, 11) is 0. The molecule has 94 valence electrons. The van der Waals surface area contributed by atoms with E-state index in [0.717, 1.165) is 18.8 Å². The maximum atomic E-state index is 5.80. The van der Waals surface area contributed by atoms with Gasteiger partial charge in [0.15, 0.2) is 0 Å². The van der Waals surface area contributed by atoms with Crippen LogP contribution in [0.4, 0.5) is 5.69 Å². The summed E-state index contributed by atoms with van der Waals surface area (Å²) in [5.41, 5.74) is 3.38. The molecule has 0 atom stereocenters. The second kappa shape index (κ2) is 5.83. The second-order valence-corrected chi connectivity index (χ2v) is 4.50. The zero-order chi connectivity index (χ0) is 13.0. The highest BCUT2D eigenvalue weighted by Crippen LogP contribution is 2.17. The summed E-state index contributed by atoms with van der Waals surface area (Å²) in [4.78, 5) is 10.4. The van der Waals surface area contributed by atoms with Gasteiger partial charge in [0.05, 0.1) is 12.2 Å². The van der Waals surface area contributed by atoms with Crippen LogP contribution in [0.5, 0.6) is 0 Å². The number of hydrogen-bond donors (Lipinski definition) is 0. The topological polar surface area (TPSA) is 29.0 Å². The van der Waals surface area contributed by atoms with Crippen molar-refractivity contribution in [3.63, 3.8) is 0 Å². The predicted molar refractivity (Wildman–Crippen MR) is 74.9 cm³/mol. The van der Waals surface area contributed by atoms with Gasteiger partial charge in [0.2, 0.25) is 5.28 Å². The Morgan fingerprint density at radius 2 is 1.89 bits per heavy atom. The monoisotopic (exact) mass is 261 g/mol. The van der Waals surface area contributed by atoms with Crippen molar-refractivity contribution in [3.8, 4) is 0 Å². The van der Waals surface area contributed by atoms with Crippen LogP contribution in [0, 0.1) is 6.92 Å². The van der Waals surface area contributed by atoms with E-state index >= 15 is 0 Å². The van der Waals surface area contributed by atoms with E-state index in [4.69, 9.17) is 11.6 Å². The summed E-state index contributed by atoms with van der Waals surface area (Å²) in [6.45, 7) is 5.87. The fraction of sp³-hybridized carbons (Fsp3) is 0.286. The minimum atomic E-state index is 0.299. The lowest BCUT2D eigenvalue weighted by Gasteiger charge is -2.22. The van der Waals surface area contributed by atoms with Gasteiger partial charge in [-0.1, -0.05) is 17.7 Å². The molecule has 0 fully saturated rings. The Kier molecular flexibility index (Phi) is 4.15. The lowest BCUT2D eigenvalue weighted by molar-refractivity contribution is 0.805. The third-order valence-electron chi connectivity index (χ3n) is 2.82. The minimum absolute atomic E-state index is 0.299. The Labute approximate surface area is 112 Å². The Morgan fingerprint density at radius 1 is 1.17 bits per heavy atom. The van der Waals surface area contributed by atoms with Crippen LogP contribution >= 0.6 is 11.6 Å². The largest absolute Gasteiger partial charge is 0.366 e. The minimum Gasteiger partial charge on any atom is -0.366 e. The first kappa shape index (κ1) is 12.8.